The highest BCUT2D eigenvalue weighted by atomic mass is 35.5. The number of benzene rings is 2. The molecule has 1 aromatic heterocycles. The summed E-state index contributed by atoms with van der Waals surface area (Å²) in [5.41, 5.74) is 2.91. The Morgan fingerprint density at radius 2 is 1.96 bits per heavy atom. The molecule has 0 aliphatic carbocycles. The molecule has 0 spiro atoms. The molecule has 1 heterocycles. The van der Waals surface area contributed by atoms with Crippen molar-refractivity contribution in [1.29, 1.82) is 5.26 Å². The third-order valence-corrected chi connectivity index (χ3v) is 3.99. The van der Waals surface area contributed by atoms with E-state index in [4.69, 9.17) is 16.9 Å². The Morgan fingerprint density at radius 1 is 1.12 bits per heavy atom. The molecule has 0 bridgehead atoms. The Labute approximate surface area is 155 Å². The van der Waals surface area contributed by atoms with Gasteiger partial charge in [0.05, 0.1) is 24.0 Å². The molecule has 0 fully saturated rings. The van der Waals surface area contributed by atoms with Crippen LogP contribution in [0.5, 0.6) is 0 Å². The molecule has 0 atom stereocenters. The van der Waals surface area contributed by atoms with Gasteiger partial charge < -0.3 is 10.6 Å². The number of halogens is 1. The van der Waals surface area contributed by atoms with Crippen molar-refractivity contribution in [3.05, 3.63) is 76.7 Å². The maximum absolute atomic E-state index is 12.2. The third-order valence-electron chi connectivity index (χ3n) is 3.58. The molecule has 0 radical (unpaired) electrons. The first-order valence-electron chi connectivity index (χ1n) is 7.72. The number of carbonyl (C=O) groups excluding carboxylic acids is 1. The zero-order chi connectivity index (χ0) is 18.5. The van der Waals surface area contributed by atoms with Crippen LogP contribution in [-0.2, 0) is 0 Å². The first kappa shape index (κ1) is 17.4. The van der Waals surface area contributed by atoms with E-state index in [2.05, 4.69) is 20.6 Å². The Hall–Kier alpha value is -3.43. The molecule has 6 nitrogen and oxygen atoms in total. The second kappa shape index (κ2) is 7.64. The minimum atomic E-state index is -0.405. The number of aryl methyl sites for hydroxylation is 1. The second-order valence-electron chi connectivity index (χ2n) is 5.52. The first-order chi connectivity index (χ1) is 12.5. The molecule has 128 valence electrons. The van der Waals surface area contributed by atoms with Crippen LogP contribution in [0.15, 0.2) is 54.9 Å². The van der Waals surface area contributed by atoms with E-state index in [1.54, 1.807) is 30.3 Å². The Morgan fingerprint density at radius 3 is 2.65 bits per heavy atom. The molecule has 26 heavy (non-hydrogen) atoms. The van der Waals surface area contributed by atoms with Gasteiger partial charge in [0.25, 0.3) is 5.91 Å². The highest BCUT2D eigenvalue weighted by Crippen LogP contribution is 2.22. The van der Waals surface area contributed by atoms with Crippen LogP contribution in [0, 0.1) is 18.3 Å². The summed E-state index contributed by atoms with van der Waals surface area (Å²) >= 11 is 6.10. The van der Waals surface area contributed by atoms with Crippen molar-refractivity contribution < 1.29 is 4.79 Å². The largest absolute Gasteiger partial charge is 0.339 e. The molecule has 0 aliphatic heterocycles. The normalized spacial score (nSPS) is 10.0. The van der Waals surface area contributed by atoms with Crippen LogP contribution in [0.25, 0.3) is 0 Å². The van der Waals surface area contributed by atoms with E-state index in [1.165, 1.54) is 12.4 Å². The van der Waals surface area contributed by atoms with E-state index < -0.39 is 5.91 Å². The average molecular weight is 364 g/mol. The van der Waals surface area contributed by atoms with E-state index >= 15 is 0 Å². The van der Waals surface area contributed by atoms with Gasteiger partial charge in [0.1, 0.15) is 11.5 Å². The molecule has 2 aromatic carbocycles. The van der Waals surface area contributed by atoms with Crippen molar-refractivity contribution in [3.8, 4) is 6.07 Å². The van der Waals surface area contributed by atoms with Crippen LogP contribution in [0.3, 0.4) is 0 Å². The van der Waals surface area contributed by atoms with Gasteiger partial charge in [-0.05, 0) is 42.8 Å². The summed E-state index contributed by atoms with van der Waals surface area (Å²) in [5, 5.41) is 15.3. The van der Waals surface area contributed by atoms with Gasteiger partial charge in [0.2, 0.25) is 0 Å². The molecule has 1 amide bonds. The van der Waals surface area contributed by atoms with E-state index in [1.807, 2.05) is 25.1 Å². The summed E-state index contributed by atoms with van der Waals surface area (Å²) in [6.45, 7) is 1.92. The van der Waals surface area contributed by atoms with Crippen molar-refractivity contribution in [2.24, 2.45) is 0 Å². The number of nitrogens with zero attached hydrogens (tertiary/aromatic N) is 3. The van der Waals surface area contributed by atoms with E-state index in [0.29, 0.717) is 22.1 Å². The van der Waals surface area contributed by atoms with Crippen LogP contribution in [0.1, 0.15) is 21.6 Å². The predicted molar refractivity (Wildman–Crippen MR) is 101 cm³/mol. The summed E-state index contributed by atoms with van der Waals surface area (Å²) < 4.78 is 0. The molecule has 3 rings (SSSR count). The lowest BCUT2D eigenvalue weighted by Gasteiger charge is -2.08. The van der Waals surface area contributed by atoms with Gasteiger partial charge in [-0.1, -0.05) is 23.7 Å². The molecule has 3 aromatic rings. The Balaban J connectivity index is 1.69. The lowest BCUT2D eigenvalue weighted by atomic mass is 10.2. The molecule has 2 N–H and O–H groups in total. The fourth-order valence-electron chi connectivity index (χ4n) is 2.19. The maximum atomic E-state index is 12.2. The minimum Gasteiger partial charge on any atom is -0.339 e. The number of nitrogens with one attached hydrogen (secondary N) is 2. The van der Waals surface area contributed by atoms with Gasteiger partial charge in [-0.15, -0.1) is 0 Å². The van der Waals surface area contributed by atoms with Crippen LogP contribution < -0.4 is 10.6 Å². The third kappa shape index (κ3) is 4.15. The molecule has 0 aliphatic rings. The Kier molecular flexibility index (Phi) is 5.11. The van der Waals surface area contributed by atoms with Gasteiger partial charge in [-0.2, -0.15) is 5.26 Å². The topological polar surface area (TPSA) is 90.7 Å². The van der Waals surface area contributed by atoms with Crippen molar-refractivity contribution in [2.75, 3.05) is 10.6 Å². The SMILES string of the molecule is Cc1ccc(Nc2cnc(C(=O)Nc3cccc(C#N)c3)cn2)cc1Cl. The number of rotatable bonds is 4. The van der Waals surface area contributed by atoms with Gasteiger partial charge in [0, 0.05) is 16.4 Å². The number of hydrogen-bond donors (Lipinski definition) is 2. The fraction of sp³-hybridized carbons (Fsp3) is 0.0526. The average Bonchev–Trinajstić information content (AvgIpc) is 2.65. The number of aromatic nitrogens is 2. The fourth-order valence-corrected chi connectivity index (χ4v) is 2.37. The molecule has 7 heteroatoms. The van der Waals surface area contributed by atoms with Gasteiger partial charge in [0.15, 0.2) is 0 Å². The standard InChI is InChI=1S/C19H14ClN5O/c1-12-5-6-15(8-16(12)20)24-18-11-22-17(10-23-18)19(26)25-14-4-2-3-13(7-14)9-21/h2-8,10-11H,1H3,(H,23,24)(H,25,26). The second-order valence-corrected chi connectivity index (χ2v) is 5.93. The quantitative estimate of drug-likeness (QED) is 0.720. The number of nitriles is 1. The summed E-state index contributed by atoms with van der Waals surface area (Å²) in [6, 6.07) is 14.2. The molecule has 0 unspecified atom stereocenters. The highest BCUT2D eigenvalue weighted by molar-refractivity contribution is 6.31. The zero-order valence-corrected chi connectivity index (χ0v) is 14.6. The zero-order valence-electron chi connectivity index (χ0n) is 13.8. The van der Waals surface area contributed by atoms with Crippen LogP contribution in [0.2, 0.25) is 5.02 Å². The summed E-state index contributed by atoms with van der Waals surface area (Å²) in [7, 11) is 0. The molecule has 0 saturated carbocycles. The van der Waals surface area contributed by atoms with Crippen molar-refractivity contribution in [2.45, 2.75) is 6.92 Å². The number of amides is 1. The van der Waals surface area contributed by atoms with Crippen LogP contribution in [-0.4, -0.2) is 15.9 Å². The lowest BCUT2D eigenvalue weighted by Crippen LogP contribution is -2.14. The van der Waals surface area contributed by atoms with Crippen molar-refractivity contribution in [1.82, 2.24) is 9.97 Å². The van der Waals surface area contributed by atoms with Crippen LogP contribution >= 0.6 is 11.6 Å². The highest BCUT2D eigenvalue weighted by Gasteiger charge is 2.09. The van der Waals surface area contributed by atoms with Crippen LogP contribution in [0.4, 0.5) is 17.2 Å². The minimum absolute atomic E-state index is 0.167. The predicted octanol–water partition coefficient (Wildman–Crippen LogP) is 4.31. The summed E-state index contributed by atoms with van der Waals surface area (Å²) in [5.74, 6) is 0.0884. The van der Waals surface area contributed by atoms with Crippen molar-refractivity contribution in [3.63, 3.8) is 0 Å². The number of carbonyl (C=O) groups is 1. The smallest absolute Gasteiger partial charge is 0.275 e. The first-order valence-corrected chi connectivity index (χ1v) is 8.10. The van der Waals surface area contributed by atoms with Gasteiger partial charge >= 0.3 is 0 Å². The molecule has 0 saturated heterocycles. The van der Waals surface area contributed by atoms with Gasteiger partial charge in [-0.25, -0.2) is 9.97 Å². The number of hydrogen-bond acceptors (Lipinski definition) is 5. The monoisotopic (exact) mass is 363 g/mol. The van der Waals surface area contributed by atoms with E-state index in [0.717, 1.165) is 11.3 Å². The van der Waals surface area contributed by atoms with E-state index in [9.17, 15) is 4.79 Å². The summed E-state index contributed by atoms with van der Waals surface area (Å²) in [4.78, 5) is 20.5. The van der Waals surface area contributed by atoms with E-state index in [-0.39, 0.29) is 5.69 Å². The molecular formula is C19H14ClN5O. The summed E-state index contributed by atoms with van der Waals surface area (Å²) in [6.07, 6.45) is 2.84. The van der Waals surface area contributed by atoms with Crippen molar-refractivity contribution >= 4 is 34.7 Å². The van der Waals surface area contributed by atoms with Gasteiger partial charge in [-0.3, -0.25) is 4.79 Å². The lowest BCUT2D eigenvalue weighted by molar-refractivity contribution is 0.102. The molecular weight excluding hydrogens is 350 g/mol. The number of anilines is 3. The Bertz CT molecular complexity index is 996. The maximum Gasteiger partial charge on any atom is 0.275 e.